The Hall–Kier alpha value is -0.810. The molecule has 3 nitrogen and oxygen atoms in total. The largest absolute Gasteiger partial charge is 0.502 e. The van der Waals surface area contributed by atoms with E-state index in [1.54, 1.807) is 6.92 Å². The summed E-state index contributed by atoms with van der Waals surface area (Å²) < 4.78 is 18.8. The Kier molecular flexibility index (Phi) is 3.34. The van der Waals surface area contributed by atoms with Crippen LogP contribution in [0, 0.1) is 5.82 Å². The third-order valence-electron chi connectivity index (χ3n) is 1.87. The van der Waals surface area contributed by atoms with E-state index in [0.717, 1.165) is 0 Å². The van der Waals surface area contributed by atoms with Gasteiger partial charge >= 0.3 is 0 Å². The molecule has 0 aliphatic rings. The fraction of sp³-hybridized carbons (Fsp3) is 0.333. The molecule has 0 aromatic heterocycles. The summed E-state index contributed by atoms with van der Waals surface area (Å²) in [6, 6.07) is 0.984. The first kappa shape index (κ1) is 11.3. The van der Waals surface area contributed by atoms with E-state index >= 15 is 0 Å². The molecule has 0 heterocycles. The maximum absolute atomic E-state index is 13.5. The lowest BCUT2D eigenvalue weighted by Gasteiger charge is -2.13. The number of phenols is 1. The zero-order chi connectivity index (χ0) is 10.9. The van der Waals surface area contributed by atoms with E-state index in [0.29, 0.717) is 4.47 Å². The molecule has 0 aliphatic heterocycles. The quantitative estimate of drug-likeness (QED) is 0.861. The smallest absolute Gasteiger partial charge is 0.194 e. The summed E-state index contributed by atoms with van der Waals surface area (Å²) in [5.41, 5.74) is 5.79. The summed E-state index contributed by atoms with van der Waals surface area (Å²) in [7, 11) is 1.35. The highest BCUT2D eigenvalue weighted by Crippen LogP contribution is 2.38. The number of ether oxygens (including phenoxy) is 1. The molecule has 0 spiro atoms. The normalized spacial score (nSPS) is 12.6. The van der Waals surface area contributed by atoms with Gasteiger partial charge in [-0.2, -0.15) is 0 Å². The third-order valence-corrected chi connectivity index (χ3v) is 2.52. The third kappa shape index (κ3) is 1.83. The van der Waals surface area contributed by atoms with Gasteiger partial charge in [0.15, 0.2) is 17.3 Å². The number of rotatable bonds is 2. The van der Waals surface area contributed by atoms with Crippen LogP contribution in [-0.4, -0.2) is 12.2 Å². The van der Waals surface area contributed by atoms with Crippen LogP contribution in [0.15, 0.2) is 10.5 Å². The van der Waals surface area contributed by atoms with Crippen LogP contribution in [0.3, 0.4) is 0 Å². The monoisotopic (exact) mass is 263 g/mol. The zero-order valence-corrected chi connectivity index (χ0v) is 9.43. The Labute approximate surface area is 89.8 Å². The molecule has 0 bridgehead atoms. The van der Waals surface area contributed by atoms with Crippen LogP contribution in [0.5, 0.6) is 11.5 Å². The van der Waals surface area contributed by atoms with Crippen LogP contribution in [0.25, 0.3) is 0 Å². The minimum atomic E-state index is -0.744. The topological polar surface area (TPSA) is 55.5 Å². The van der Waals surface area contributed by atoms with Gasteiger partial charge in [0, 0.05) is 16.1 Å². The van der Waals surface area contributed by atoms with E-state index in [4.69, 9.17) is 10.5 Å². The van der Waals surface area contributed by atoms with Gasteiger partial charge in [0.25, 0.3) is 0 Å². The SMILES string of the molecule is COc1cc(Br)c(C(C)N)c(F)c1O. The van der Waals surface area contributed by atoms with Crippen molar-refractivity contribution in [1.29, 1.82) is 0 Å². The summed E-state index contributed by atoms with van der Waals surface area (Å²) >= 11 is 3.16. The Morgan fingerprint density at radius 2 is 2.21 bits per heavy atom. The fourth-order valence-corrected chi connectivity index (χ4v) is 1.92. The van der Waals surface area contributed by atoms with Crippen molar-refractivity contribution in [1.82, 2.24) is 0 Å². The number of methoxy groups -OCH3 is 1. The molecule has 5 heteroatoms. The van der Waals surface area contributed by atoms with Gasteiger partial charge in [-0.25, -0.2) is 4.39 Å². The van der Waals surface area contributed by atoms with Gasteiger partial charge in [-0.1, -0.05) is 15.9 Å². The van der Waals surface area contributed by atoms with Crippen LogP contribution in [0.2, 0.25) is 0 Å². The first-order chi connectivity index (χ1) is 6.49. The molecule has 14 heavy (non-hydrogen) atoms. The number of hydrogen-bond donors (Lipinski definition) is 2. The lowest BCUT2D eigenvalue weighted by molar-refractivity contribution is 0.354. The Balaban J connectivity index is 3.41. The van der Waals surface area contributed by atoms with Crippen molar-refractivity contribution in [2.75, 3.05) is 7.11 Å². The van der Waals surface area contributed by atoms with Crippen LogP contribution in [0.1, 0.15) is 18.5 Å². The van der Waals surface area contributed by atoms with Crippen LogP contribution >= 0.6 is 15.9 Å². The number of hydrogen-bond acceptors (Lipinski definition) is 3. The second-order valence-electron chi connectivity index (χ2n) is 2.93. The van der Waals surface area contributed by atoms with E-state index in [9.17, 15) is 9.50 Å². The Morgan fingerprint density at radius 1 is 1.64 bits per heavy atom. The summed E-state index contributed by atoms with van der Waals surface area (Å²) in [6.07, 6.45) is 0. The standard InChI is InChI=1S/C9H11BrFNO2/c1-4(12)7-5(10)3-6(14-2)9(13)8(7)11/h3-4,13H,12H2,1-2H3. The number of aromatic hydroxyl groups is 1. The van der Waals surface area contributed by atoms with Crippen LogP contribution in [0.4, 0.5) is 4.39 Å². The van der Waals surface area contributed by atoms with Gasteiger partial charge in [0.2, 0.25) is 0 Å². The minimum Gasteiger partial charge on any atom is -0.502 e. The van der Waals surface area contributed by atoms with Crippen LogP contribution in [-0.2, 0) is 0 Å². The molecule has 1 aromatic carbocycles. The molecule has 78 valence electrons. The average molecular weight is 264 g/mol. The summed E-state index contributed by atoms with van der Waals surface area (Å²) in [6.45, 7) is 1.63. The Morgan fingerprint density at radius 3 is 2.64 bits per heavy atom. The molecule has 0 amide bonds. The number of benzene rings is 1. The molecule has 0 radical (unpaired) electrons. The predicted molar refractivity (Wildman–Crippen MR) is 54.9 cm³/mol. The van der Waals surface area contributed by atoms with Crippen molar-refractivity contribution in [2.45, 2.75) is 13.0 Å². The van der Waals surface area contributed by atoms with Gasteiger partial charge in [0.05, 0.1) is 7.11 Å². The second kappa shape index (κ2) is 4.14. The van der Waals surface area contributed by atoms with E-state index in [1.165, 1.54) is 13.2 Å². The first-order valence-electron chi connectivity index (χ1n) is 3.99. The highest BCUT2D eigenvalue weighted by atomic mass is 79.9. The molecule has 1 atom stereocenters. The summed E-state index contributed by atoms with van der Waals surface area (Å²) in [5, 5.41) is 9.38. The molecule has 0 saturated heterocycles. The maximum Gasteiger partial charge on any atom is 0.194 e. The van der Waals surface area contributed by atoms with E-state index < -0.39 is 17.6 Å². The van der Waals surface area contributed by atoms with E-state index in [2.05, 4.69) is 15.9 Å². The molecular formula is C9H11BrFNO2. The number of phenolic OH excluding ortho intramolecular Hbond substituents is 1. The summed E-state index contributed by atoms with van der Waals surface area (Å²) in [4.78, 5) is 0. The first-order valence-corrected chi connectivity index (χ1v) is 4.78. The molecule has 0 saturated carbocycles. The lowest BCUT2D eigenvalue weighted by Crippen LogP contribution is -2.09. The Bertz CT molecular complexity index is 355. The molecule has 0 aliphatic carbocycles. The maximum atomic E-state index is 13.5. The van der Waals surface area contributed by atoms with E-state index in [1.807, 2.05) is 0 Å². The van der Waals surface area contributed by atoms with Crippen molar-refractivity contribution in [3.05, 3.63) is 21.9 Å². The van der Waals surface area contributed by atoms with Gasteiger partial charge in [-0.3, -0.25) is 0 Å². The highest BCUT2D eigenvalue weighted by Gasteiger charge is 2.19. The van der Waals surface area contributed by atoms with Crippen molar-refractivity contribution in [3.63, 3.8) is 0 Å². The fourth-order valence-electron chi connectivity index (χ4n) is 1.17. The molecule has 1 rings (SSSR count). The second-order valence-corrected chi connectivity index (χ2v) is 3.78. The lowest BCUT2D eigenvalue weighted by atomic mass is 10.1. The van der Waals surface area contributed by atoms with Gasteiger partial charge in [-0.15, -0.1) is 0 Å². The average Bonchev–Trinajstić information content (AvgIpc) is 2.10. The molecular weight excluding hydrogens is 253 g/mol. The van der Waals surface area contributed by atoms with Gasteiger partial charge < -0.3 is 15.6 Å². The van der Waals surface area contributed by atoms with Crippen molar-refractivity contribution >= 4 is 15.9 Å². The molecule has 1 aromatic rings. The van der Waals surface area contributed by atoms with Crippen molar-refractivity contribution < 1.29 is 14.2 Å². The molecule has 1 unspecified atom stereocenters. The highest BCUT2D eigenvalue weighted by molar-refractivity contribution is 9.10. The van der Waals surface area contributed by atoms with E-state index in [-0.39, 0.29) is 11.3 Å². The zero-order valence-electron chi connectivity index (χ0n) is 7.84. The van der Waals surface area contributed by atoms with Crippen molar-refractivity contribution in [3.8, 4) is 11.5 Å². The summed E-state index contributed by atoms with van der Waals surface area (Å²) in [5.74, 6) is -1.17. The van der Waals surface area contributed by atoms with Crippen molar-refractivity contribution in [2.24, 2.45) is 5.73 Å². The minimum absolute atomic E-state index is 0.0822. The van der Waals surface area contributed by atoms with Gasteiger partial charge in [-0.05, 0) is 13.0 Å². The number of halogens is 2. The molecule has 3 N–H and O–H groups in total. The van der Waals surface area contributed by atoms with Crippen LogP contribution < -0.4 is 10.5 Å². The number of nitrogens with two attached hydrogens (primary N) is 1. The predicted octanol–water partition coefficient (Wildman–Crippen LogP) is 2.32. The molecule has 0 fully saturated rings. The van der Waals surface area contributed by atoms with Gasteiger partial charge in [0.1, 0.15) is 0 Å².